The number of carbonyl (C=O) groups excluding carboxylic acids is 4. The number of alkyl halides is 2. The molecule has 46 heavy (non-hydrogen) atoms. The summed E-state index contributed by atoms with van der Waals surface area (Å²) in [5, 5.41) is 29.3. The van der Waals surface area contributed by atoms with Gasteiger partial charge in [0.1, 0.15) is 5.82 Å². The zero-order valence-electron chi connectivity index (χ0n) is 23.6. The summed E-state index contributed by atoms with van der Waals surface area (Å²) in [6.07, 6.45) is 1.37. The predicted molar refractivity (Wildman–Crippen MR) is 163 cm³/mol. The van der Waals surface area contributed by atoms with E-state index in [2.05, 4.69) is 0 Å². The van der Waals surface area contributed by atoms with Gasteiger partial charge in [-0.05, 0) is 78.3 Å². The summed E-state index contributed by atoms with van der Waals surface area (Å²) in [7, 11) is -1.85. The minimum Gasteiger partial charge on any atom is -0.505 e. The third-order valence-electron chi connectivity index (χ3n) is 9.63. The Morgan fingerprint density at radius 1 is 0.826 bits per heavy atom. The second-order valence-corrected chi connectivity index (χ2v) is 13.2. The molecule has 4 amide bonds. The van der Waals surface area contributed by atoms with Crippen molar-refractivity contribution in [2.75, 3.05) is 9.80 Å². The number of carbonyl (C=O) groups is 4. The molecule has 2 aliphatic heterocycles. The van der Waals surface area contributed by atoms with Crippen molar-refractivity contribution in [3.8, 4) is 5.75 Å². The van der Waals surface area contributed by atoms with E-state index in [1.807, 2.05) is 0 Å². The van der Waals surface area contributed by atoms with Crippen LogP contribution in [0.15, 0.2) is 78.4 Å². The lowest BCUT2D eigenvalue weighted by Gasteiger charge is -2.50. The number of imide groups is 2. The van der Waals surface area contributed by atoms with Gasteiger partial charge >= 0.3 is 7.12 Å². The van der Waals surface area contributed by atoms with Gasteiger partial charge in [0.2, 0.25) is 11.8 Å². The van der Waals surface area contributed by atoms with Crippen LogP contribution >= 0.6 is 23.2 Å². The molecule has 2 heterocycles. The molecule has 234 valence electrons. The standard InChI is InChI=1S/C32H23BCl2F2N2O7/c34-31-14-22-20(9-10-21-25(22)28(42)38(27(21)41)19-3-1-2-16(13-19)33(45)46)26(15-4-11-24(40)23(37)12-15)32(31,35)30(44)39(29(31)43)18-7-5-17(36)6-8-18/h1-9,11-13,21-22,25-26,40,45-46H,10,14H2/t21-,22+,25-,26-,31+,32-/m0/s1. The number of allylic oxidation sites excluding steroid dienone is 2. The van der Waals surface area contributed by atoms with Crippen LogP contribution in [-0.4, -0.2) is 55.7 Å². The zero-order chi connectivity index (χ0) is 32.9. The minimum atomic E-state index is -2.25. The molecule has 0 radical (unpaired) electrons. The molecule has 0 aromatic heterocycles. The number of halogens is 4. The highest BCUT2D eigenvalue weighted by molar-refractivity contribution is 6.59. The molecule has 6 atom stereocenters. The van der Waals surface area contributed by atoms with Crippen LogP contribution in [0.5, 0.6) is 5.75 Å². The number of aromatic hydroxyl groups is 1. The maximum atomic E-state index is 14.8. The fraction of sp³-hybridized carbons (Fsp3) is 0.250. The molecule has 0 spiro atoms. The Hall–Kier alpha value is -4.10. The fourth-order valence-electron chi connectivity index (χ4n) is 7.55. The molecule has 2 saturated heterocycles. The van der Waals surface area contributed by atoms with Gasteiger partial charge in [-0.2, -0.15) is 0 Å². The Balaban J connectivity index is 1.38. The highest BCUT2D eigenvalue weighted by Gasteiger charge is 2.76. The number of hydrogen-bond acceptors (Lipinski definition) is 7. The first-order valence-electron chi connectivity index (χ1n) is 14.3. The molecule has 2 aliphatic carbocycles. The van der Waals surface area contributed by atoms with E-state index in [9.17, 15) is 43.1 Å². The predicted octanol–water partition coefficient (Wildman–Crippen LogP) is 3.12. The molecule has 3 N–H and O–H groups in total. The number of nitrogens with zero attached hydrogens (tertiary/aromatic N) is 2. The summed E-state index contributed by atoms with van der Waals surface area (Å²) in [6.45, 7) is 0. The molecule has 3 aromatic rings. The Bertz CT molecular complexity index is 1890. The fourth-order valence-corrected chi connectivity index (χ4v) is 8.49. The van der Waals surface area contributed by atoms with E-state index in [1.165, 1.54) is 42.5 Å². The van der Waals surface area contributed by atoms with Crippen LogP contribution in [0, 0.1) is 29.4 Å². The first kappa shape index (κ1) is 30.6. The first-order valence-corrected chi connectivity index (χ1v) is 15.1. The normalized spacial score (nSPS) is 30.3. The summed E-state index contributed by atoms with van der Waals surface area (Å²) >= 11 is 14.5. The van der Waals surface area contributed by atoms with Crippen molar-refractivity contribution < 1.29 is 43.1 Å². The van der Waals surface area contributed by atoms with Gasteiger partial charge in [0.25, 0.3) is 11.8 Å². The number of hydrogen-bond donors (Lipinski definition) is 3. The summed E-state index contributed by atoms with van der Waals surface area (Å²) in [5.41, 5.74) is 0.681. The molecule has 0 unspecified atom stereocenters. The van der Waals surface area contributed by atoms with E-state index < -0.39 is 81.6 Å². The smallest absolute Gasteiger partial charge is 0.488 e. The maximum absolute atomic E-state index is 14.8. The van der Waals surface area contributed by atoms with Crippen LogP contribution in [0.1, 0.15) is 24.3 Å². The summed E-state index contributed by atoms with van der Waals surface area (Å²) in [6, 6.07) is 13.6. The van der Waals surface area contributed by atoms with E-state index in [-0.39, 0.29) is 35.2 Å². The van der Waals surface area contributed by atoms with Crippen molar-refractivity contribution in [3.05, 3.63) is 95.6 Å². The Morgan fingerprint density at radius 3 is 2.22 bits per heavy atom. The number of fused-ring (bicyclic) bond motifs is 4. The second kappa shape index (κ2) is 10.5. The van der Waals surface area contributed by atoms with E-state index in [0.717, 1.165) is 34.1 Å². The average Bonchev–Trinajstić information content (AvgIpc) is 3.37. The van der Waals surface area contributed by atoms with Crippen LogP contribution in [-0.2, 0) is 19.2 Å². The summed E-state index contributed by atoms with van der Waals surface area (Å²) in [4.78, 5) is 53.7. The van der Waals surface area contributed by atoms with Crippen LogP contribution in [0.25, 0.3) is 0 Å². The molecule has 9 nitrogen and oxygen atoms in total. The van der Waals surface area contributed by atoms with Crippen molar-refractivity contribution in [2.45, 2.75) is 28.5 Å². The zero-order valence-corrected chi connectivity index (χ0v) is 25.1. The molecular formula is C32H23BCl2F2N2O7. The lowest BCUT2D eigenvalue weighted by Crippen LogP contribution is -2.60. The van der Waals surface area contributed by atoms with Crippen LogP contribution < -0.4 is 15.3 Å². The molecule has 7 rings (SSSR count). The number of anilines is 2. The highest BCUT2D eigenvalue weighted by atomic mass is 35.5. The Kier molecular flexibility index (Phi) is 6.95. The minimum absolute atomic E-state index is 0.000521. The SMILES string of the molecule is O=C1[C@H]2[C@H](CC=C3[C@H]2C[C@@]2(Cl)C(=O)N(c4ccc(F)cc4)C(=O)[C@@]2(Cl)[C@H]3c2ccc(O)c(F)c2)C(=O)N1c1cccc(B(O)O)c1. The molecule has 4 aliphatic rings. The van der Waals surface area contributed by atoms with E-state index in [1.54, 1.807) is 6.08 Å². The molecule has 3 aromatic carbocycles. The van der Waals surface area contributed by atoms with Crippen molar-refractivity contribution in [1.82, 2.24) is 0 Å². The molecule has 0 bridgehead atoms. The van der Waals surface area contributed by atoms with Crippen molar-refractivity contribution >= 4 is 70.8 Å². The quantitative estimate of drug-likeness (QED) is 0.169. The third kappa shape index (κ3) is 4.06. The van der Waals surface area contributed by atoms with Gasteiger partial charge in [-0.25, -0.2) is 13.7 Å². The van der Waals surface area contributed by atoms with Gasteiger partial charge in [0.05, 0.1) is 23.2 Å². The molecule has 14 heteroatoms. The van der Waals surface area contributed by atoms with Gasteiger partial charge < -0.3 is 15.2 Å². The van der Waals surface area contributed by atoms with Crippen LogP contribution in [0.3, 0.4) is 0 Å². The van der Waals surface area contributed by atoms with Gasteiger partial charge in [0.15, 0.2) is 21.3 Å². The van der Waals surface area contributed by atoms with Crippen molar-refractivity contribution in [1.29, 1.82) is 0 Å². The summed E-state index contributed by atoms with van der Waals surface area (Å²) < 4.78 is 28.6. The van der Waals surface area contributed by atoms with Gasteiger partial charge in [-0.15, -0.1) is 23.2 Å². The number of benzene rings is 3. The maximum Gasteiger partial charge on any atom is 0.488 e. The topological polar surface area (TPSA) is 135 Å². The van der Waals surface area contributed by atoms with E-state index in [4.69, 9.17) is 23.2 Å². The van der Waals surface area contributed by atoms with Gasteiger partial charge in [-0.1, -0.05) is 29.8 Å². The van der Waals surface area contributed by atoms with Crippen molar-refractivity contribution in [2.24, 2.45) is 17.8 Å². The lowest BCUT2D eigenvalue weighted by atomic mass is 9.56. The summed E-state index contributed by atoms with van der Waals surface area (Å²) in [5.74, 6) is -9.48. The third-order valence-corrected chi connectivity index (χ3v) is 11.0. The van der Waals surface area contributed by atoms with Gasteiger partial charge in [-0.3, -0.25) is 24.1 Å². The largest absolute Gasteiger partial charge is 0.505 e. The second-order valence-electron chi connectivity index (χ2n) is 11.9. The van der Waals surface area contributed by atoms with E-state index in [0.29, 0.717) is 5.57 Å². The van der Waals surface area contributed by atoms with E-state index >= 15 is 0 Å². The Labute approximate surface area is 270 Å². The monoisotopic (exact) mass is 666 g/mol. The molecule has 1 saturated carbocycles. The Morgan fingerprint density at radius 2 is 1.54 bits per heavy atom. The lowest BCUT2D eigenvalue weighted by molar-refractivity contribution is -0.125. The number of phenolic OH excluding ortho intramolecular Hbond substituents is 1. The number of phenols is 1. The van der Waals surface area contributed by atoms with Crippen molar-refractivity contribution in [3.63, 3.8) is 0 Å². The number of rotatable bonds is 4. The molecular weight excluding hydrogens is 644 g/mol. The number of amides is 4. The van der Waals surface area contributed by atoms with Crippen LogP contribution in [0.4, 0.5) is 20.2 Å². The first-order chi connectivity index (χ1) is 21.8. The molecule has 3 fully saturated rings. The average molecular weight is 667 g/mol. The van der Waals surface area contributed by atoms with Crippen LogP contribution in [0.2, 0.25) is 0 Å². The van der Waals surface area contributed by atoms with Gasteiger partial charge in [0, 0.05) is 5.92 Å². The highest BCUT2D eigenvalue weighted by Crippen LogP contribution is 2.66.